The molecule has 1 saturated heterocycles. The third kappa shape index (κ3) is 1.62. The summed E-state index contributed by atoms with van der Waals surface area (Å²) in [5.74, 6) is 0.761. The highest BCUT2D eigenvalue weighted by atomic mass is 32.1. The van der Waals surface area contributed by atoms with E-state index in [1.54, 1.807) is 11.8 Å². The van der Waals surface area contributed by atoms with Gasteiger partial charge in [0, 0.05) is 37.0 Å². The van der Waals surface area contributed by atoms with Gasteiger partial charge in [-0.15, -0.1) is 0 Å². The molecule has 0 saturated carbocycles. The van der Waals surface area contributed by atoms with E-state index in [1.807, 2.05) is 0 Å². The molecule has 1 unspecified atom stereocenters. The van der Waals surface area contributed by atoms with Crippen molar-refractivity contribution in [1.82, 2.24) is 9.36 Å². The zero-order valence-electron chi connectivity index (χ0n) is 7.80. The van der Waals surface area contributed by atoms with Crippen molar-refractivity contribution < 1.29 is 9.90 Å². The van der Waals surface area contributed by atoms with Crippen LogP contribution < -0.4 is 4.90 Å². The molecule has 76 valence electrons. The molecule has 1 aliphatic heterocycles. The van der Waals surface area contributed by atoms with Crippen LogP contribution in [0.4, 0.5) is 5.13 Å². The zero-order valence-corrected chi connectivity index (χ0v) is 8.62. The molecule has 1 atom stereocenters. The highest BCUT2D eigenvalue weighted by molar-refractivity contribution is 7.09. The first-order chi connectivity index (χ1) is 6.70. The lowest BCUT2D eigenvalue weighted by atomic mass is 10.1. The molecule has 1 aromatic rings. The maximum absolute atomic E-state index is 11.5. The van der Waals surface area contributed by atoms with Crippen LogP contribution in [0, 0.1) is 12.8 Å². The van der Waals surface area contributed by atoms with Gasteiger partial charge >= 0.3 is 0 Å². The fraction of sp³-hybridized carbons (Fsp3) is 0.625. The van der Waals surface area contributed by atoms with E-state index >= 15 is 0 Å². The molecule has 2 rings (SSSR count). The van der Waals surface area contributed by atoms with E-state index in [9.17, 15) is 4.79 Å². The Morgan fingerprint density at radius 3 is 3.00 bits per heavy atom. The molecule has 0 spiro atoms. The third-order valence-electron chi connectivity index (χ3n) is 2.21. The zero-order chi connectivity index (χ0) is 10.1. The van der Waals surface area contributed by atoms with Crippen LogP contribution in [0.5, 0.6) is 0 Å². The van der Waals surface area contributed by atoms with Crippen molar-refractivity contribution in [1.29, 1.82) is 0 Å². The van der Waals surface area contributed by atoms with Crippen LogP contribution in [-0.4, -0.2) is 33.5 Å². The standard InChI is InChI=1S/C8H11N3O2S/c1-5-9-8(14-10-5)11-3-6(4-12)2-7(11)13/h6,12H,2-4H2,1H3. The van der Waals surface area contributed by atoms with Crippen LogP contribution >= 0.6 is 11.5 Å². The van der Waals surface area contributed by atoms with Crippen molar-refractivity contribution >= 4 is 22.6 Å². The van der Waals surface area contributed by atoms with Gasteiger partial charge in [0.05, 0.1) is 0 Å². The van der Waals surface area contributed by atoms with E-state index in [1.165, 1.54) is 11.5 Å². The monoisotopic (exact) mass is 213 g/mol. The molecule has 6 heteroatoms. The summed E-state index contributed by atoms with van der Waals surface area (Å²) in [7, 11) is 0. The van der Waals surface area contributed by atoms with Crippen molar-refractivity contribution in [2.45, 2.75) is 13.3 Å². The molecule has 14 heavy (non-hydrogen) atoms. The number of aliphatic hydroxyl groups is 1. The molecular formula is C8H11N3O2S. The quantitative estimate of drug-likeness (QED) is 0.761. The summed E-state index contributed by atoms with van der Waals surface area (Å²) in [6, 6.07) is 0. The van der Waals surface area contributed by atoms with Gasteiger partial charge in [-0.3, -0.25) is 9.69 Å². The predicted molar refractivity (Wildman–Crippen MR) is 52.2 cm³/mol. The molecule has 0 aliphatic carbocycles. The van der Waals surface area contributed by atoms with Crippen LogP contribution in [0.25, 0.3) is 0 Å². The molecule has 1 amide bonds. The van der Waals surface area contributed by atoms with Crippen molar-refractivity contribution in [3.05, 3.63) is 5.82 Å². The Bertz CT molecular complexity index is 352. The third-order valence-corrected chi connectivity index (χ3v) is 3.04. The Morgan fingerprint density at radius 1 is 1.71 bits per heavy atom. The Morgan fingerprint density at radius 2 is 2.50 bits per heavy atom. The summed E-state index contributed by atoms with van der Waals surface area (Å²) in [4.78, 5) is 17.3. The average Bonchev–Trinajstić information content (AvgIpc) is 2.71. The summed E-state index contributed by atoms with van der Waals surface area (Å²) >= 11 is 1.23. The summed E-state index contributed by atoms with van der Waals surface area (Å²) in [6.45, 7) is 2.41. The summed E-state index contributed by atoms with van der Waals surface area (Å²) in [5, 5.41) is 9.58. The van der Waals surface area contributed by atoms with Gasteiger partial charge in [0.25, 0.3) is 0 Å². The molecular weight excluding hydrogens is 202 g/mol. The number of amides is 1. The highest BCUT2D eigenvalue weighted by Gasteiger charge is 2.31. The number of carbonyl (C=O) groups is 1. The molecule has 0 radical (unpaired) electrons. The number of aromatic nitrogens is 2. The highest BCUT2D eigenvalue weighted by Crippen LogP contribution is 2.25. The maximum atomic E-state index is 11.5. The second-order valence-electron chi connectivity index (χ2n) is 3.38. The van der Waals surface area contributed by atoms with Crippen molar-refractivity contribution in [2.75, 3.05) is 18.1 Å². The van der Waals surface area contributed by atoms with E-state index in [4.69, 9.17) is 5.11 Å². The fourth-order valence-corrected chi connectivity index (χ4v) is 2.19. The summed E-state index contributed by atoms with van der Waals surface area (Å²) in [5.41, 5.74) is 0. The van der Waals surface area contributed by atoms with Crippen LogP contribution in [-0.2, 0) is 4.79 Å². The largest absolute Gasteiger partial charge is 0.396 e. The van der Waals surface area contributed by atoms with E-state index in [0.717, 1.165) is 0 Å². The Balaban J connectivity index is 2.16. The average molecular weight is 213 g/mol. The molecule has 1 aliphatic rings. The Hall–Kier alpha value is -1.01. The lowest BCUT2D eigenvalue weighted by molar-refractivity contribution is -0.117. The number of aryl methyl sites for hydroxylation is 1. The molecule has 1 N–H and O–H groups in total. The van der Waals surface area contributed by atoms with E-state index < -0.39 is 0 Å². The topological polar surface area (TPSA) is 66.3 Å². The molecule has 5 nitrogen and oxygen atoms in total. The first-order valence-corrected chi connectivity index (χ1v) is 5.19. The van der Waals surface area contributed by atoms with E-state index in [2.05, 4.69) is 9.36 Å². The molecule has 0 bridgehead atoms. The predicted octanol–water partition coefficient (Wildman–Crippen LogP) is 0.192. The second-order valence-corrected chi connectivity index (χ2v) is 4.11. The minimum absolute atomic E-state index is 0.0280. The first-order valence-electron chi connectivity index (χ1n) is 4.42. The van der Waals surface area contributed by atoms with Crippen molar-refractivity contribution in [2.24, 2.45) is 5.92 Å². The normalized spacial score (nSPS) is 22.0. The van der Waals surface area contributed by atoms with Crippen LogP contribution in [0.15, 0.2) is 0 Å². The van der Waals surface area contributed by atoms with E-state index in [0.29, 0.717) is 23.9 Å². The lowest BCUT2D eigenvalue weighted by Gasteiger charge is -2.10. The Kier molecular flexibility index (Phi) is 2.47. The van der Waals surface area contributed by atoms with Crippen molar-refractivity contribution in [3.63, 3.8) is 0 Å². The lowest BCUT2D eigenvalue weighted by Crippen LogP contribution is -2.24. The van der Waals surface area contributed by atoms with Gasteiger partial charge in [0.1, 0.15) is 5.82 Å². The SMILES string of the molecule is Cc1nsc(N2CC(CO)CC2=O)n1. The maximum Gasteiger partial charge on any atom is 0.229 e. The number of hydrogen-bond acceptors (Lipinski definition) is 5. The fourth-order valence-electron chi connectivity index (χ4n) is 1.48. The number of anilines is 1. The van der Waals surface area contributed by atoms with Gasteiger partial charge < -0.3 is 5.11 Å². The van der Waals surface area contributed by atoms with Gasteiger partial charge in [0.2, 0.25) is 11.0 Å². The van der Waals surface area contributed by atoms with Crippen LogP contribution in [0.3, 0.4) is 0 Å². The van der Waals surface area contributed by atoms with Crippen LogP contribution in [0.1, 0.15) is 12.2 Å². The van der Waals surface area contributed by atoms with Gasteiger partial charge in [0.15, 0.2) is 0 Å². The van der Waals surface area contributed by atoms with Crippen molar-refractivity contribution in [3.8, 4) is 0 Å². The number of carbonyl (C=O) groups excluding carboxylic acids is 1. The molecule has 1 fully saturated rings. The minimum Gasteiger partial charge on any atom is -0.396 e. The summed E-state index contributed by atoms with van der Waals surface area (Å²) in [6.07, 6.45) is 0.412. The van der Waals surface area contributed by atoms with Crippen LogP contribution in [0.2, 0.25) is 0 Å². The van der Waals surface area contributed by atoms with Gasteiger partial charge in [-0.2, -0.15) is 4.37 Å². The van der Waals surface area contributed by atoms with Gasteiger partial charge in [-0.1, -0.05) is 0 Å². The number of aliphatic hydroxyl groups excluding tert-OH is 1. The van der Waals surface area contributed by atoms with E-state index in [-0.39, 0.29) is 18.4 Å². The smallest absolute Gasteiger partial charge is 0.229 e. The van der Waals surface area contributed by atoms with Gasteiger partial charge in [-0.05, 0) is 6.92 Å². The number of hydrogen-bond donors (Lipinski definition) is 1. The minimum atomic E-state index is 0.0280. The molecule has 2 heterocycles. The second kappa shape index (κ2) is 3.62. The van der Waals surface area contributed by atoms with Gasteiger partial charge in [-0.25, -0.2) is 4.98 Å². The molecule has 1 aromatic heterocycles. The number of nitrogens with zero attached hydrogens (tertiary/aromatic N) is 3. The first kappa shape index (κ1) is 9.54. The molecule has 0 aromatic carbocycles. The number of rotatable bonds is 2. The summed E-state index contributed by atoms with van der Waals surface area (Å²) < 4.78 is 4.02. The Labute approximate surface area is 85.6 Å².